The van der Waals surface area contributed by atoms with Crippen molar-refractivity contribution in [1.29, 1.82) is 0 Å². The number of fused-ring (bicyclic) bond motifs is 1. The highest BCUT2D eigenvalue weighted by Crippen LogP contribution is 2.49. The monoisotopic (exact) mass is 628 g/mol. The van der Waals surface area contributed by atoms with E-state index in [9.17, 15) is 27.6 Å². The van der Waals surface area contributed by atoms with Crippen LogP contribution in [0.5, 0.6) is 0 Å². The van der Waals surface area contributed by atoms with E-state index in [1.54, 1.807) is 4.90 Å². The molecule has 2 unspecified atom stereocenters. The van der Waals surface area contributed by atoms with Crippen molar-refractivity contribution in [2.75, 3.05) is 44.6 Å². The molecule has 3 aromatic rings. The van der Waals surface area contributed by atoms with E-state index >= 15 is 4.39 Å². The number of anilines is 1. The van der Waals surface area contributed by atoms with E-state index in [2.05, 4.69) is 20.7 Å². The van der Waals surface area contributed by atoms with Gasteiger partial charge in [0.1, 0.15) is 5.82 Å². The molecule has 2 N–H and O–H groups in total. The molecule has 0 radical (unpaired) electrons. The molecule has 11 nitrogen and oxygen atoms in total. The van der Waals surface area contributed by atoms with Crippen LogP contribution in [-0.2, 0) is 24.6 Å². The zero-order valence-corrected chi connectivity index (χ0v) is 24.5. The molecule has 4 fully saturated rings. The van der Waals surface area contributed by atoms with Crippen molar-refractivity contribution in [3.63, 3.8) is 0 Å². The van der Waals surface area contributed by atoms with E-state index in [0.29, 0.717) is 50.5 Å². The SMILES string of the molecule is Cn1c(-c2cn(CC3CC3)nc2C(F)(F)F)cnc1C(=O)Nc1ccc(C(=O)N2CCN(C(=O)C3C4CNCC43)CC2)c(F)c1. The molecule has 0 spiro atoms. The Hall–Kier alpha value is -4.27. The fourth-order valence-electron chi connectivity index (χ4n) is 6.60. The number of carbonyl (C=O) groups excluding carboxylic acids is 3. The van der Waals surface area contributed by atoms with Crippen LogP contribution in [-0.4, -0.2) is 86.1 Å². The van der Waals surface area contributed by atoms with Crippen LogP contribution in [0.25, 0.3) is 11.3 Å². The third-order valence-corrected chi connectivity index (χ3v) is 9.35. The van der Waals surface area contributed by atoms with Crippen LogP contribution in [0.2, 0.25) is 0 Å². The van der Waals surface area contributed by atoms with E-state index in [1.165, 1.54) is 45.7 Å². The maximum Gasteiger partial charge on any atom is 0.435 e. The molecule has 2 aliphatic heterocycles. The normalized spacial score (nSPS) is 22.8. The van der Waals surface area contributed by atoms with Crippen molar-refractivity contribution >= 4 is 23.4 Å². The summed E-state index contributed by atoms with van der Waals surface area (Å²) in [6.45, 7) is 3.48. The van der Waals surface area contributed by atoms with E-state index in [1.807, 2.05) is 0 Å². The van der Waals surface area contributed by atoms with Gasteiger partial charge >= 0.3 is 6.18 Å². The number of imidazole rings is 1. The second-order valence-corrected chi connectivity index (χ2v) is 12.4. The Morgan fingerprint density at radius 1 is 1.04 bits per heavy atom. The summed E-state index contributed by atoms with van der Waals surface area (Å²) >= 11 is 0. The van der Waals surface area contributed by atoms with Gasteiger partial charge in [0.05, 0.1) is 23.0 Å². The first kappa shape index (κ1) is 29.4. The Morgan fingerprint density at radius 3 is 2.38 bits per heavy atom. The Kier molecular flexibility index (Phi) is 7.17. The van der Waals surface area contributed by atoms with Crippen molar-refractivity contribution in [1.82, 2.24) is 34.4 Å². The highest BCUT2D eigenvalue weighted by atomic mass is 19.4. The number of benzene rings is 1. The fourth-order valence-corrected chi connectivity index (χ4v) is 6.60. The number of hydrogen-bond donors (Lipinski definition) is 2. The molecule has 0 bridgehead atoms. The summed E-state index contributed by atoms with van der Waals surface area (Å²) in [5.74, 6) is -0.977. The largest absolute Gasteiger partial charge is 0.435 e. The van der Waals surface area contributed by atoms with Gasteiger partial charge < -0.3 is 25.0 Å². The fraction of sp³-hybridized carbons (Fsp3) is 0.500. The van der Waals surface area contributed by atoms with Crippen LogP contribution in [0.15, 0.2) is 30.6 Å². The second-order valence-electron chi connectivity index (χ2n) is 12.4. The summed E-state index contributed by atoms with van der Waals surface area (Å²) in [6, 6.07) is 3.66. The number of rotatable bonds is 7. The molecule has 238 valence electrons. The Bertz CT molecular complexity index is 1660. The molecular weight excluding hydrogens is 596 g/mol. The van der Waals surface area contributed by atoms with Gasteiger partial charge in [0.2, 0.25) is 5.91 Å². The highest BCUT2D eigenvalue weighted by Gasteiger charge is 2.58. The van der Waals surface area contributed by atoms with Gasteiger partial charge in [0.15, 0.2) is 11.5 Å². The van der Waals surface area contributed by atoms with Crippen LogP contribution in [0.3, 0.4) is 0 Å². The summed E-state index contributed by atoms with van der Waals surface area (Å²) in [4.78, 5) is 46.3. The van der Waals surface area contributed by atoms with Gasteiger partial charge in [0.25, 0.3) is 11.8 Å². The van der Waals surface area contributed by atoms with E-state index in [-0.39, 0.29) is 40.2 Å². The average molecular weight is 629 g/mol. The third-order valence-electron chi connectivity index (χ3n) is 9.35. The lowest BCUT2D eigenvalue weighted by atomic mass is 10.1. The van der Waals surface area contributed by atoms with Gasteiger partial charge in [-0.05, 0) is 61.9 Å². The van der Waals surface area contributed by atoms with Gasteiger partial charge in [-0.15, -0.1) is 0 Å². The first-order chi connectivity index (χ1) is 21.5. The topological polar surface area (TPSA) is 117 Å². The quantitative estimate of drug-likeness (QED) is 0.389. The van der Waals surface area contributed by atoms with Crippen molar-refractivity contribution in [3.05, 3.63) is 53.5 Å². The van der Waals surface area contributed by atoms with Crippen molar-refractivity contribution in [2.45, 2.75) is 25.6 Å². The smallest absolute Gasteiger partial charge is 0.339 e. The molecule has 1 aromatic carbocycles. The maximum atomic E-state index is 15.1. The van der Waals surface area contributed by atoms with Crippen LogP contribution in [0.1, 0.15) is 39.5 Å². The lowest BCUT2D eigenvalue weighted by molar-refractivity contribution is -0.141. The first-order valence-corrected chi connectivity index (χ1v) is 15.1. The summed E-state index contributed by atoms with van der Waals surface area (Å²) in [5.41, 5.74) is -1.31. The molecule has 7 rings (SSSR count). The van der Waals surface area contributed by atoms with E-state index in [0.717, 1.165) is 32.0 Å². The molecule has 4 heterocycles. The summed E-state index contributed by atoms with van der Waals surface area (Å²) in [6.07, 6.45) is -0.322. The number of aromatic nitrogens is 4. The van der Waals surface area contributed by atoms with Crippen LogP contribution in [0.4, 0.5) is 23.2 Å². The number of halogens is 4. The van der Waals surface area contributed by atoms with Gasteiger partial charge in [-0.2, -0.15) is 18.3 Å². The van der Waals surface area contributed by atoms with Gasteiger partial charge in [-0.1, -0.05) is 0 Å². The minimum atomic E-state index is -4.70. The van der Waals surface area contributed by atoms with E-state index < -0.39 is 29.5 Å². The Morgan fingerprint density at radius 2 is 1.73 bits per heavy atom. The summed E-state index contributed by atoms with van der Waals surface area (Å²) in [5, 5.41) is 9.54. The molecule has 4 aliphatic rings. The van der Waals surface area contributed by atoms with Crippen molar-refractivity contribution in [3.8, 4) is 11.3 Å². The predicted molar refractivity (Wildman–Crippen MR) is 152 cm³/mol. The third kappa shape index (κ3) is 5.57. The number of carbonyl (C=O) groups is 3. The molecule has 3 amide bonds. The molecule has 2 aliphatic carbocycles. The first-order valence-electron chi connectivity index (χ1n) is 15.1. The van der Waals surface area contributed by atoms with Gasteiger partial charge in [0, 0.05) is 57.6 Å². The number of alkyl halides is 3. The lowest BCUT2D eigenvalue weighted by Crippen LogP contribution is -2.51. The van der Waals surface area contributed by atoms with Crippen molar-refractivity contribution < 1.29 is 31.9 Å². The second kappa shape index (κ2) is 11.0. The highest BCUT2D eigenvalue weighted by molar-refractivity contribution is 6.03. The summed E-state index contributed by atoms with van der Waals surface area (Å²) < 4.78 is 59.0. The Balaban J connectivity index is 0.996. The molecule has 2 aromatic heterocycles. The molecule has 2 atom stereocenters. The summed E-state index contributed by atoms with van der Waals surface area (Å²) in [7, 11) is 1.42. The molecule has 2 saturated carbocycles. The zero-order chi connectivity index (χ0) is 31.6. The van der Waals surface area contributed by atoms with Crippen LogP contribution in [0, 0.1) is 29.5 Å². The Labute approximate surface area is 255 Å². The number of piperazine rings is 1. The van der Waals surface area contributed by atoms with Gasteiger partial charge in [-0.25, -0.2) is 9.37 Å². The average Bonchev–Trinajstić information content (AvgIpc) is 3.75. The molecule has 2 saturated heterocycles. The minimum Gasteiger partial charge on any atom is -0.339 e. The number of nitrogens with one attached hydrogen (secondary N) is 2. The number of hydrogen-bond acceptors (Lipinski definition) is 6. The molecular formula is C30H32F4N8O3. The van der Waals surface area contributed by atoms with Crippen LogP contribution >= 0.6 is 0 Å². The van der Waals surface area contributed by atoms with E-state index in [4.69, 9.17) is 0 Å². The van der Waals surface area contributed by atoms with Gasteiger partial charge in [-0.3, -0.25) is 19.1 Å². The predicted octanol–water partition coefficient (Wildman–Crippen LogP) is 2.85. The molecule has 15 heteroatoms. The van der Waals surface area contributed by atoms with Crippen molar-refractivity contribution in [2.24, 2.45) is 30.7 Å². The van der Waals surface area contributed by atoms with Crippen LogP contribution < -0.4 is 10.6 Å². The maximum absolute atomic E-state index is 15.1. The number of amides is 3. The minimum absolute atomic E-state index is 0.0479. The molecule has 45 heavy (non-hydrogen) atoms. The lowest BCUT2D eigenvalue weighted by Gasteiger charge is -2.35. The standard InChI is InChI=1S/C30H32F4N8O3/c1-39-23(21-15-42(14-16-2-3-16)38-25(21)30(32,33)34)13-36-26(39)27(43)37-17-4-5-18(22(31)10-17)28(44)40-6-8-41(9-7-40)29(45)24-19-11-35-12-20(19)24/h4-5,10,13,15-16,19-20,24,35H,2-3,6-9,11-12,14H2,1H3,(H,37,43). The number of piperidine rings is 1. The number of nitrogens with zero attached hydrogens (tertiary/aromatic N) is 6. The zero-order valence-electron chi connectivity index (χ0n) is 24.5.